The van der Waals surface area contributed by atoms with Crippen LogP contribution in [0, 0.1) is 11.7 Å². The van der Waals surface area contributed by atoms with Gasteiger partial charge in [0.15, 0.2) is 0 Å². The summed E-state index contributed by atoms with van der Waals surface area (Å²) in [6, 6.07) is 16.3. The fourth-order valence-corrected chi connectivity index (χ4v) is 4.21. The lowest BCUT2D eigenvalue weighted by Gasteiger charge is -2.26. The molecule has 2 atom stereocenters. The Morgan fingerprint density at radius 1 is 1.09 bits per heavy atom. The number of hydrogen-bond donors (Lipinski definition) is 0. The van der Waals surface area contributed by atoms with Crippen LogP contribution in [0.1, 0.15) is 17.5 Å². The molecule has 2 heterocycles. The zero-order valence-electron chi connectivity index (χ0n) is 18.1. The van der Waals surface area contributed by atoms with Crippen molar-refractivity contribution >= 4 is 11.8 Å². The third-order valence-corrected chi connectivity index (χ3v) is 6.01. The molecular formula is C25H29FN2O4. The highest BCUT2D eigenvalue weighted by Gasteiger charge is 2.35. The second kappa shape index (κ2) is 10.7. The molecule has 6 nitrogen and oxygen atoms in total. The van der Waals surface area contributed by atoms with Crippen LogP contribution in [-0.2, 0) is 32.1 Å². The van der Waals surface area contributed by atoms with Gasteiger partial charge in [0, 0.05) is 26.2 Å². The van der Waals surface area contributed by atoms with Gasteiger partial charge in [0.1, 0.15) is 5.82 Å². The number of halogens is 1. The Labute approximate surface area is 187 Å². The largest absolute Gasteiger partial charge is 0.381 e. The molecule has 2 unspecified atom stereocenters. The van der Waals surface area contributed by atoms with E-state index < -0.39 is 0 Å². The molecule has 0 aromatic heterocycles. The van der Waals surface area contributed by atoms with Crippen LogP contribution >= 0.6 is 0 Å². The number of rotatable bonds is 7. The van der Waals surface area contributed by atoms with Crippen molar-refractivity contribution in [2.24, 2.45) is 5.92 Å². The zero-order chi connectivity index (χ0) is 22.3. The number of ether oxygens (including phenoxy) is 2. The van der Waals surface area contributed by atoms with Crippen LogP contribution in [0.4, 0.5) is 4.39 Å². The van der Waals surface area contributed by atoms with Gasteiger partial charge in [-0.25, -0.2) is 4.39 Å². The third kappa shape index (κ3) is 5.93. The standard InChI is InChI=1S/C25H29FN2O4/c26-22-8-4-7-20(13-22)17-32-23-14-27(11-9-19-5-2-1-3-6-19)24(29)16-28(15-23)25(30)21-10-12-31-18-21/h1-8,13,21,23H,9-12,14-18H2. The summed E-state index contributed by atoms with van der Waals surface area (Å²) in [5.41, 5.74) is 1.87. The van der Waals surface area contributed by atoms with Gasteiger partial charge in [-0.2, -0.15) is 0 Å². The van der Waals surface area contributed by atoms with Crippen molar-refractivity contribution in [3.63, 3.8) is 0 Å². The van der Waals surface area contributed by atoms with Gasteiger partial charge in [0.05, 0.1) is 31.8 Å². The summed E-state index contributed by atoms with van der Waals surface area (Å²) in [7, 11) is 0. The Morgan fingerprint density at radius 2 is 1.91 bits per heavy atom. The molecule has 0 bridgehead atoms. The highest BCUT2D eigenvalue weighted by Crippen LogP contribution is 2.19. The Bertz CT molecular complexity index is 917. The van der Waals surface area contributed by atoms with Crippen molar-refractivity contribution < 1.29 is 23.5 Å². The number of amides is 2. The van der Waals surface area contributed by atoms with Gasteiger partial charge < -0.3 is 19.3 Å². The minimum Gasteiger partial charge on any atom is -0.381 e. The maximum Gasteiger partial charge on any atom is 0.242 e. The van der Waals surface area contributed by atoms with E-state index in [1.807, 2.05) is 30.3 Å². The Hall–Kier alpha value is -2.77. The molecule has 0 aliphatic carbocycles. The second-order valence-electron chi connectivity index (χ2n) is 8.42. The van der Waals surface area contributed by atoms with E-state index in [0.717, 1.165) is 17.5 Å². The van der Waals surface area contributed by atoms with Crippen molar-refractivity contribution in [2.75, 3.05) is 39.4 Å². The van der Waals surface area contributed by atoms with Crippen LogP contribution in [0.5, 0.6) is 0 Å². The molecule has 2 fully saturated rings. The van der Waals surface area contributed by atoms with E-state index in [1.54, 1.807) is 21.9 Å². The lowest BCUT2D eigenvalue weighted by atomic mass is 10.1. The molecule has 0 spiro atoms. The number of carbonyl (C=O) groups excluding carboxylic acids is 2. The summed E-state index contributed by atoms with van der Waals surface area (Å²) < 4.78 is 25.0. The van der Waals surface area contributed by atoms with Crippen molar-refractivity contribution in [3.8, 4) is 0 Å². The number of benzene rings is 2. The quantitative estimate of drug-likeness (QED) is 0.664. The highest BCUT2D eigenvalue weighted by atomic mass is 19.1. The monoisotopic (exact) mass is 440 g/mol. The zero-order valence-corrected chi connectivity index (χ0v) is 18.1. The molecule has 170 valence electrons. The second-order valence-corrected chi connectivity index (χ2v) is 8.42. The third-order valence-electron chi connectivity index (χ3n) is 6.01. The fraction of sp³-hybridized carbons (Fsp3) is 0.440. The summed E-state index contributed by atoms with van der Waals surface area (Å²) in [5, 5.41) is 0. The lowest BCUT2D eigenvalue weighted by Crippen LogP contribution is -2.43. The van der Waals surface area contributed by atoms with Crippen LogP contribution in [0.3, 0.4) is 0 Å². The molecule has 2 saturated heterocycles. The van der Waals surface area contributed by atoms with E-state index in [-0.39, 0.29) is 42.8 Å². The maximum atomic E-state index is 13.5. The number of nitrogens with zero attached hydrogens (tertiary/aromatic N) is 2. The van der Waals surface area contributed by atoms with Gasteiger partial charge in [-0.1, -0.05) is 42.5 Å². The Morgan fingerprint density at radius 3 is 2.66 bits per heavy atom. The van der Waals surface area contributed by atoms with Crippen molar-refractivity contribution in [1.29, 1.82) is 0 Å². The molecule has 0 radical (unpaired) electrons. The molecule has 2 aromatic rings. The fourth-order valence-electron chi connectivity index (χ4n) is 4.21. The average Bonchev–Trinajstić information content (AvgIpc) is 3.29. The summed E-state index contributed by atoms with van der Waals surface area (Å²) in [6.07, 6.45) is 1.05. The van der Waals surface area contributed by atoms with Gasteiger partial charge in [-0.05, 0) is 36.1 Å². The van der Waals surface area contributed by atoms with Crippen LogP contribution in [0.15, 0.2) is 54.6 Å². The van der Waals surface area contributed by atoms with Crippen molar-refractivity contribution in [1.82, 2.24) is 9.80 Å². The SMILES string of the molecule is O=C1CN(C(=O)C2CCOC2)CC(OCc2cccc(F)c2)CN1CCc1ccccc1. The summed E-state index contributed by atoms with van der Waals surface area (Å²) in [5.74, 6) is -0.655. The Balaban J connectivity index is 1.45. The predicted molar refractivity (Wildman–Crippen MR) is 117 cm³/mol. The van der Waals surface area contributed by atoms with Gasteiger partial charge in [0.2, 0.25) is 11.8 Å². The molecular weight excluding hydrogens is 411 g/mol. The molecule has 2 aliphatic rings. The van der Waals surface area contributed by atoms with E-state index in [1.165, 1.54) is 12.1 Å². The van der Waals surface area contributed by atoms with E-state index >= 15 is 0 Å². The van der Waals surface area contributed by atoms with E-state index in [4.69, 9.17) is 9.47 Å². The van der Waals surface area contributed by atoms with Crippen LogP contribution < -0.4 is 0 Å². The molecule has 2 aliphatic heterocycles. The first-order valence-electron chi connectivity index (χ1n) is 11.1. The molecule has 2 amide bonds. The number of carbonyl (C=O) groups is 2. The van der Waals surface area contributed by atoms with Gasteiger partial charge >= 0.3 is 0 Å². The minimum atomic E-state index is -0.355. The van der Waals surface area contributed by atoms with Crippen LogP contribution in [0.25, 0.3) is 0 Å². The molecule has 0 N–H and O–H groups in total. The Kier molecular flexibility index (Phi) is 7.50. The first kappa shape index (κ1) is 22.4. The normalized spacial score (nSPS) is 21.6. The molecule has 2 aromatic carbocycles. The molecule has 7 heteroatoms. The topological polar surface area (TPSA) is 59.1 Å². The summed E-state index contributed by atoms with van der Waals surface area (Å²) in [4.78, 5) is 29.4. The average molecular weight is 441 g/mol. The summed E-state index contributed by atoms with van der Waals surface area (Å²) in [6.45, 7) is 2.51. The van der Waals surface area contributed by atoms with Gasteiger partial charge in [-0.15, -0.1) is 0 Å². The van der Waals surface area contributed by atoms with Crippen LogP contribution in [-0.4, -0.2) is 67.1 Å². The van der Waals surface area contributed by atoms with Gasteiger partial charge in [-0.3, -0.25) is 9.59 Å². The minimum absolute atomic E-state index is 0.0456. The van der Waals surface area contributed by atoms with E-state index in [2.05, 4.69) is 0 Å². The number of hydrogen-bond acceptors (Lipinski definition) is 4. The summed E-state index contributed by atoms with van der Waals surface area (Å²) >= 11 is 0. The lowest BCUT2D eigenvalue weighted by molar-refractivity contribution is -0.141. The van der Waals surface area contributed by atoms with Gasteiger partial charge in [0.25, 0.3) is 0 Å². The molecule has 0 saturated carbocycles. The van der Waals surface area contributed by atoms with Crippen LogP contribution in [0.2, 0.25) is 0 Å². The van der Waals surface area contributed by atoms with E-state index in [9.17, 15) is 14.0 Å². The van der Waals surface area contributed by atoms with Crippen molar-refractivity contribution in [3.05, 3.63) is 71.5 Å². The molecule has 32 heavy (non-hydrogen) atoms. The predicted octanol–water partition coefficient (Wildman–Crippen LogP) is 2.66. The molecule has 4 rings (SSSR count). The first-order valence-corrected chi connectivity index (χ1v) is 11.1. The first-order chi connectivity index (χ1) is 15.6. The van der Waals surface area contributed by atoms with Crippen molar-refractivity contribution in [2.45, 2.75) is 25.6 Å². The smallest absolute Gasteiger partial charge is 0.242 e. The van der Waals surface area contributed by atoms with E-state index in [0.29, 0.717) is 39.3 Å². The maximum absolute atomic E-state index is 13.5. The highest BCUT2D eigenvalue weighted by molar-refractivity contribution is 5.86.